The van der Waals surface area contributed by atoms with Gasteiger partial charge < -0.3 is 14.6 Å². The third-order valence-corrected chi connectivity index (χ3v) is 3.18. The largest absolute Gasteiger partial charge is 0.496 e. The van der Waals surface area contributed by atoms with Gasteiger partial charge in [0, 0.05) is 23.9 Å². The van der Waals surface area contributed by atoms with E-state index < -0.39 is 0 Å². The highest BCUT2D eigenvalue weighted by molar-refractivity contribution is 9.10. The lowest BCUT2D eigenvalue weighted by atomic mass is 10.2. The Kier molecular flexibility index (Phi) is 4.21. The van der Waals surface area contributed by atoms with Gasteiger partial charge in [0.15, 0.2) is 0 Å². The van der Waals surface area contributed by atoms with Gasteiger partial charge in [0.1, 0.15) is 11.6 Å². The predicted octanol–water partition coefficient (Wildman–Crippen LogP) is 2.45. The summed E-state index contributed by atoms with van der Waals surface area (Å²) >= 11 is 3.35. The Morgan fingerprint density at radius 2 is 2.32 bits per heavy atom. The van der Waals surface area contributed by atoms with Gasteiger partial charge in [-0.15, -0.1) is 0 Å². The van der Waals surface area contributed by atoms with E-state index in [1.165, 1.54) is 0 Å². The van der Waals surface area contributed by atoms with Crippen LogP contribution >= 0.6 is 15.9 Å². The minimum absolute atomic E-state index is 0.110. The summed E-state index contributed by atoms with van der Waals surface area (Å²) in [5.41, 5.74) is 0.528. The van der Waals surface area contributed by atoms with E-state index in [0.717, 1.165) is 10.3 Å². The SMILES string of the molecule is COc1cc(Br)ccc1C(=O)N(C)Cc1ncc[nH]1. The molecule has 0 atom stereocenters. The van der Waals surface area contributed by atoms with Crippen molar-refractivity contribution in [3.05, 3.63) is 46.5 Å². The molecule has 0 bridgehead atoms. The van der Waals surface area contributed by atoms with Crippen LogP contribution in [0.1, 0.15) is 16.2 Å². The normalized spacial score (nSPS) is 10.3. The minimum atomic E-state index is -0.110. The molecule has 2 rings (SSSR count). The second kappa shape index (κ2) is 5.88. The van der Waals surface area contributed by atoms with E-state index in [1.807, 2.05) is 6.07 Å². The molecule has 0 spiro atoms. The molecule has 1 aromatic heterocycles. The highest BCUT2D eigenvalue weighted by atomic mass is 79.9. The first kappa shape index (κ1) is 13.6. The van der Waals surface area contributed by atoms with Crippen LogP contribution < -0.4 is 4.74 Å². The number of ether oxygens (including phenoxy) is 1. The number of carbonyl (C=O) groups excluding carboxylic acids is 1. The number of aromatic amines is 1. The molecule has 1 heterocycles. The first-order valence-electron chi connectivity index (χ1n) is 5.69. The monoisotopic (exact) mass is 323 g/mol. The number of nitrogens with one attached hydrogen (secondary N) is 1. The van der Waals surface area contributed by atoms with E-state index in [1.54, 1.807) is 43.6 Å². The van der Waals surface area contributed by atoms with Crippen LogP contribution in [0.5, 0.6) is 5.75 Å². The number of carbonyl (C=O) groups is 1. The van der Waals surface area contributed by atoms with Crippen molar-refractivity contribution in [1.82, 2.24) is 14.9 Å². The van der Waals surface area contributed by atoms with Crippen molar-refractivity contribution in [2.75, 3.05) is 14.2 Å². The maximum absolute atomic E-state index is 12.4. The number of methoxy groups -OCH3 is 1. The highest BCUT2D eigenvalue weighted by Gasteiger charge is 2.17. The molecule has 1 amide bonds. The van der Waals surface area contributed by atoms with Gasteiger partial charge in [-0.2, -0.15) is 0 Å². The number of hydrogen-bond donors (Lipinski definition) is 1. The molecule has 0 saturated heterocycles. The molecular weight excluding hydrogens is 310 g/mol. The van der Waals surface area contributed by atoms with Gasteiger partial charge in [-0.1, -0.05) is 15.9 Å². The Balaban J connectivity index is 2.19. The molecule has 6 heteroatoms. The van der Waals surface area contributed by atoms with Crippen molar-refractivity contribution in [1.29, 1.82) is 0 Å². The molecule has 0 unspecified atom stereocenters. The fourth-order valence-electron chi connectivity index (χ4n) is 1.73. The van der Waals surface area contributed by atoms with Crippen molar-refractivity contribution in [3.8, 4) is 5.75 Å². The summed E-state index contributed by atoms with van der Waals surface area (Å²) in [6.45, 7) is 0.422. The second-order valence-corrected chi connectivity index (χ2v) is 4.96. The topological polar surface area (TPSA) is 58.2 Å². The molecule has 100 valence electrons. The van der Waals surface area contributed by atoms with Gasteiger partial charge in [0.25, 0.3) is 5.91 Å². The number of imidazole rings is 1. The molecule has 0 fully saturated rings. The number of aromatic nitrogens is 2. The van der Waals surface area contributed by atoms with Crippen LogP contribution in [-0.2, 0) is 6.54 Å². The Bertz CT molecular complexity index is 569. The van der Waals surface area contributed by atoms with E-state index in [-0.39, 0.29) is 5.91 Å². The maximum atomic E-state index is 12.4. The van der Waals surface area contributed by atoms with Crippen molar-refractivity contribution in [2.45, 2.75) is 6.54 Å². The molecule has 1 aromatic carbocycles. The quantitative estimate of drug-likeness (QED) is 0.940. The fourth-order valence-corrected chi connectivity index (χ4v) is 2.07. The third kappa shape index (κ3) is 3.14. The number of halogens is 1. The standard InChI is InChI=1S/C13H14BrN3O2/c1-17(8-12-15-5-6-16-12)13(18)10-4-3-9(14)7-11(10)19-2/h3-7H,8H2,1-2H3,(H,15,16). The van der Waals surface area contributed by atoms with Crippen LogP contribution in [0, 0.1) is 0 Å². The second-order valence-electron chi connectivity index (χ2n) is 4.04. The average molecular weight is 324 g/mol. The molecule has 0 aliphatic carbocycles. The number of hydrogen-bond acceptors (Lipinski definition) is 3. The van der Waals surface area contributed by atoms with Gasteiger partial charge in [0.2, 0.25) is 0 Å². The molecule has 0 saturated carbocycles. The molecule has 0 aliphatic rings. The summed E-state index contributed by atoms with van der Waals surface area (Å²) in [6.07, 6.45) is 3.39. The zero-order chi connectivity index (χ0) is 13.8. The number of rotatable bonds is 4. The van der Waals surface area contributed by atoms with Gasteiger partial charge in [-0.3, -0.25) is 4.79 Å². The van der Waals surface area contributed by atoms with Crippen LogP contribution in [0.4, 0.5) is 0 Å². The Hall–Kier alpha value is -1.82. The van der Waals surface area contributed by atoms with Crippen LogP contribution in [0.2, 0.25) is 0 Å². The van der Waals surface area contributed by atoms with Gasteiger partial charge in [-0.05, 0) is 18.2 Å². The lowest BCUT2D eigenvalue weighted by molar-refractivity contribution is 0.0778. The molecule has 2 aromatic rings. The van der Waals surface area contributed by atoms with E-state index in [2.05, 4.69) is 25.9 Å². The first-order chi connectivity index (χ1) is 9.11. The number of nitrogens with zero attached hydrogens (tertiary/aromatic N) is 2. The van der Waals surface area contributed by atoms with Crippen LogP contribution in [0.3, 0.4) is 0 Å². The third-order valence-electron chi connectivity index (χ3n) is 2.68. The molecule has 19 heavy (non-hydrogen) atoms. The predicted molar refractivity (Wildman–Crippen MR) is 75.1 cm³/mol. The lowest BCUT2D eigenvalue weighted by Crippen LogP contribution is -2.27. The van der Waals surface area contributed by atoms with Crippen molar-refractivity contribution in [2.24, 2.45) is 0 Å². The van der Waals surface area contributed by atoms with Gasteiger partial charge in [-0.25, -0.2) is 4.98 Å². The molecule has 0 aliphatic heterocycles. The van der Waals surface area contributed by atoms with Crippen LogP contribution in [0.25, 0.3) is 0 Å². The van der Waals surface area contributed by atoms with E-state index in [4.69, 9.17) is 4.74 Å². The lowest BCUT2D eigenvalue weighted by Gasteiger charge is -2.17. The number of benzene rings is 1. The van der Waals surface area contributed by atoms with Crippen molar-refractivity contribution in [3.63, 3.8) is 0 Å². The zero-order valence-corrected chi connectivity index (χ0v) is 12.3. The molecule has 0 radical (unpaired) electrons. The summed E-state index contributed by atoms with van der Waals surface area (Å²) in [6, 6.07) is 5.33. The van der Waals surface area contributed by atoms with E-state index in [9.17, 15) is 4.79 Å². The molecule has 5 nitrogen and oxygen atoms in total. The minimum Gasteiger partial charge on any atom is -0.496 e. The van der Waals surface area contributed by atoms with Crippen LogP contribution in [0.15, 0.2) is 35.1 Å². The zero-order valence-electron chi connectivity index (χ0n) is 10.7. The van der Waals surface area contributed by atoms with Crippen molar-refractivity contribution >= 4 is 21.8 Å². The molecular formula is C13H14BrN3O2. The Morgan fingerprint density at radius 1 is 1.53 bits per heavy atom. The fraction of sp³-hybridized carbons (Fsp3) is 0.231. The van der Waals surface area contributed by atoms with Gasteiger partial charge >= 0.3 is 0 Å². The first-order valence-corrected chi connectivity index (χ1v) is 6.48. The molecule has 1 N–H and O–H groups in total. The van der Waals surface area contributed by atoms with Crippen LogP contribution in [-0.4, -0.2) is 34.9 Å². The van der Waals surface area contributed by atoms with E-state index in [0.29, 0.717) is 17.9 Å². The summed E-state index contributed by atoms with van der Waals surface area (Å²) in [4.78, 5) is 21.0. The number of H-pyrrole nitrogens is 1. The van der Waals surface area contributed by atoms with E-state index >= 15 is 0 Å². The number of amides is 1. The Morgan fingerprint density at radius 3 is 2.95 bits per heavy atom. The van der Waals surface area contributed by atoms with Crippen molar-refractivity contribution < 1.29 is 9.53 Å². The summed E-state index contributed by atoms with van der Waals surface area (Å²) < 4.78 is 6.10. The Labute approximate surface area is 119 Å². The summed E-state index contributed by atoms with van der Waals surface area (Å²) in [7, 11) is 3.28. The van der Waals surface area contributed by atoms with Gasteiger partial charge in [0.05, 0.1) is 19.2 Å². The smallest absolute Gasteiger partial charge is 0.257 e. The highest BCUT2D eigenvalue weighted by Crippen LogP contribution is 2.24. The average Bonchev–Trinajstić information content (AvgIpc) is 2.90. The summed E-state index contributed by atoms with van der Waals surface area (Å²) in [5, 5.41) is 0. The summed E-state index contributed by atoms with van der Waals surface area (Å²) in [5.74, 6) is 1.18. The maximum Gasteiger partial charge on any atom is 0.257 e.